The molecular weight excluding hydrogens is 320 g/mol. The number of anilines is 2. The van der Waals surface area contributed by atoms with Crippen LogP contribution in [0.4, 0.5) is 21.0 Å². The number of amides is 3. The summed E-state index contributed by atoms with van der Waals surface area (Å²) in [4.78, 5) is 27.6. The smallest absolute Gasteiger partial charge is 0.414 e. The van der Waals surface area contributed by atoms with Crippen LogP contribution >= 0.6 is 0 Å². The highest BCUT2D eigenvalue weighted by Gasteiger charge is 2.23. The molecule has 1 aromatic rings. The van der Waals surface area contributed by atoms with Gasteiger partial charge in [0.25, 0.3) is 0 Å². The highest BCUT2D eigenvalue weighted by molar-refractivity contribution is 5.93. The second kappa shape index (κ2) is 8.20. The van der Waals surface area contributed by atoms with Crippen molar-refractivity contribution in [2.24, 2.45) is 5.92 Å². The summed E-state index contributed by atoms with van der Waals surface area (Å²) >= 11 is 0. The molecule has 2 saturated heterocycles. The maximum absolute atomic E-state index is 12.1. The standard InChI is InChI=1S/C18H26N4O3/c1-21-9-6-14(7-10-21)5-8-19-17(23)20-15-3-2-4-16(13-15)22-11-12-25-18(22)24/h2-4,13-14H,5-12H2,1H3,(H2,19,20,23). The fourth-order valence-electron chi connectivity index (χ4n) is 3.30. The van der Waals surface area contributed by atoms with Crippen LogP contribution in [0.15, 0.2) is 24.3 Å². The Balaban J connectivity index is 1.44. The maximum atomic E-state index is 12.1. The van der Waals surface area contributed by atoms with E-state index in [2.05, 4.69) is 22.6 Å². The van der Waals surface area contributed by atoms with Gasteiger partial charge in [-0.05, 0) is 63.5 Å². The number of carbonyl (C=O) groups is 2. The molecule has 2 aliphatic heterocycles. The highest BCUT2D eigenvalue weighted by atomic mass is 16.6. The van der Waals surface area contributed by atoms with Gasteiger partial charge in [-0.15, -0.1) is 0 Å². The minimum atomic E-state index is -0.347. The second-order valence-electron chi connectivity index (χ2n) is 6.73. The number of nitrogens with one attached hydrogen (secondary N) is 2. The molecule has 1 aromatic carbocycles. The van der Waals surface area contributed by atoms with Crippen molar-refractivity contribution < 1.29 is 14.3 Å². The monoisotopic (exact) mass is 346 g/mol. The van der Waals surface area contributed by atoms with Crippen LogP contribution in [0.1, 0.15) is 19.3 Å². The Morgan fingerprint density at radius 3 is 2.80 bits per heavy atom. The van der Waals surface area contributed by atoms with Crippen LogP contribution in [-0.2, 0) is 4.74 Å². The molecular formula is C18H26N4O3. The third-order valence-electron chi connectivity index (χ3n) is 4.85. The van der Waals surface area contributed by atoms with Gasteiger partial charge in [-0.3, -0.25) is 4.90 Å². The topological polar surface area (TPSA) is 73.9 Å². The molecule has 0 saturated carbocycles. The Labute approximate surface area is 148 Å². The summed E-state index contributed by atoms with van der Waals surface area (Å²) in [6, 6.07) is 7.02. The number of hydrogen-bond acceptors (Lipinski definition) is 4. The number of carbonyl (C=O) groups excluding carboxylic acids is 2. The van der Waals surface area contributed by atoms with Crippen LogP contribution in [0.3, 0.4) is 0 Å². The van der Waals surface area contributed by atoms with Crippen LogP contribution in [0, 0.1) is 5.92 Å². The van der Waals surface area contributed by atoms with E-state index in [1.54, 1.807) is 17.0 Å². The van der Waals surface area contributed by atoms with Crippen LogP contribution in [0.2, 0.25) is 0 Å². The van der Waals surface area contributed by atoms with E-state index >= 15 is 0 Å². The predicted molar refractivity (Wildman–Crippen MR) is 97.0 cm³/mol. The lowest BCUT2D eigenvalue weighted by atomic mass is 9.94. The Bertz CT molecular complexity index is 614. The average molecular weight is 346 g/mol. The molecule has 0 aliphatic carbocycles. The van der Waals surface area contributed by atoms with Gasteiger partial charge in [0.1, 0.15) is 6.61 Å². The number of hydrogen-bond donors (Lipinski definition) is 2. The van der Waals surface area contributed by atoms with Gasteiger partial charge < -0.3 is 20.3 Å². The number of likely N-dealkylation sites (tertiary alicyclic amines) is 1. The highest BCUT2D eigenvalue weighted by Crippen LogP contribution is 2.22. The molecule has 0 spiro atoms. The van der Waals surface area contributed by atoms with E-state index < -0.39 is 0 Å². The van der Waals surface area contributed by atoms with Gasteiger partial charge in [-0.25, -0.2) is 9.59 Å². The van der Waals surface area contributed by atoms with Gasteiger partial charge in [0.15, 0.2) is 0 Å². The van der Waals surface area contributed by atoms with Crippen LogP contribution < -0.4 is 15.5 Å². The van der Waals surface area contributed by atoms with Crippen molar-refractivity contribution in [3.8, 4) is 0 Å². The lowest BCUT2D eigenvalue weighted by molar-refractivity contribution is 0.181. The predicted octanol–water partition coefficient (Wildman–Crippen LogP) is 2.50. The number of piperidine rings is 1. The molecule has 3 amide bonds. The molecule has 136 valence electrons. The summed E-state index contributed by atoms with van der Waals surface area (Å²) in [7, 11) is 2.15. The normalized spacial score (nSPS) is 18.9. The van der Waals surface area contributed by atoms with Gasteiger partial charge in [0, 0.05) is 17.9 Å². The lowest BCUT2D eigenvalue weighted by Crippen LogP contribution is -2.34. The maximum Gasteiger partial charge on any atom is 0.414 e. The Hall–Kier alpha value is -2.28. The second-order valence-corrected chi connectivity index (χ2v) is 6.73. The summed E-state index contributed by atoms with van der Waals surface area (Å²) in [5.74, 6) is 0.695. The first-order chi connectivity index (χ1) is 12.1. The van der Waals surface area contributed by atoms with E-state index in [1.807, 2.05) is 12.1 Å². The van der Waals surface area contributed by atoms with Gasteiger partial charge in [0.2, 0.25) is 0 Å². The van der Waals surface area contributed by atoms with Gasteiger partial charge >= 0.3 is 12.1 Å². The third kappa shape index (κ3) is 4.85. The number of cyclic esters (lactones) is 1. The van der Waals surface area contributed by atoms with Crippen molar-refractivity contribution in [1.29, 1.82) is 0 Å². The molecule has 0 atom stereocenters. The van der Waals surface area contributed by atoms with Crippen molar-refractivity contribution in [3.05, 3.63) is 24.3 Å². The number of ether oxygens (including phenoxy) is 1. The van der Waals surface area contributed by atoms with Crippen molar-refractivity contribution in [1.82, 2.24) is 10.2 Å². The van der Waals surface area contributed by atoms with E-state index in [-0.39, 0.29) is 12.1 Å². The van der Waals surface area contributed by atoms with Gasteiger partial charge in [-0.1, -0.05) is 6.07 Å². The van der Waals surface area contributed by atoms with E-state index in [1.165, 1.54) is 12.8 Å². The SMILES string of the molecule is CN1CCC(CCNC(=O)Nc2cccc(N3CCOC3=O)c2)CC1. The molecule has 3 rings (SSSR count). The minimum absolute atomic E-state index is 0.214. The Kier molecular flexibility index (Phi) is 5.75. The summed E-state index contributed by atoms with van der Waals surface area (Å²) in [5.41, 5.74) is 1.39. The lowest BCUT2D eigenvalue weighted by Gasteiger charge is -2.28. The molecule has 0 bridgehead atoms. The molecule has 0 radical (unpaired) electrons. The molecule has 2 fully saturated rings. The van der Waals surface area contributed by atoms with Crippen LogP contribution in [0.5, 0.6) is 0 Å². The Morgan fingerprint density at radius 2 is 2.08 bits per heavy atom. The molecule has 0 unspecified atom stereocenters. The van der Waals surface area contributed by atoms with Crippen molar-refractivity contribution in [2.45, 2.75) is 19.3 Å². The molecule has 7 heteroatoms. The number of rotatable bonds is 5. The summed E-state index contributed by atoms with van der Waals surface area (Å²) in [5, 5.41) is 5.75. The molecule has 2 aliphatic rings. The van der Waals surface area contributed by atoms with Gasteiger partial charge in [-0.2, -0.15) is 0 Å². The summed E-state index contributed by atoms with van der Waals surface area (Å²) < 4.78 is 4.94. The first kappa shape index (κ1) is 17.5. The first-order valence-corrected chi connectivity index (χ1v) is 8.89. The average Bonchev–Trinajstić information content (AvgIpc) is 3.03. The van der Waals surface area contributed by atoms with Crippen LogP contribution in [0.25, 0.3) is 0 Å². The fraction of sp³-hybridized carbons (Fsp3) is 0.556. The minimum Gasteiger partial charge on any atom is -0.447 e. The fourth-order valence-corrected chi connectivity index (χ4v) is 3.30. The summed E-state index contributed by atoms with van der Waals surface area (Å²) in [6.45, 7) is 3.89. The van der Waals surface area contributed by atoms with Crippen molar-refractivity contribution in [2.75, 3.05) is 50.1 Å². The molecule has 7 nitrogen and oxygen atoms in total. The number of nitrogens with zero attached hydrogens (tertiary/aromatic N) is 2. The van der Waals surface area contributed by atoms with Crippen molar-refractivity contribution >= 4 is 23.5 Å². The first-order valence-electron chi connectivity index (χ1n) is 8.89. The quantitative estimate of drug-likeness (QED) is 0.859. The summed E-state index contributed by atoms with van der Waals surface area (Å²) in [6.07, 6.45) is 3.07. The Morgan fingerprint density at radius 1 is 1.28 bits per heavy atom. The van der Waals surface area contributed by atoms with Crippen LogP contribution in [-0.4, -0.2) is 56.9 Å². The molecule has 25 heavy (non-hydrogen) atoms. The largest absolute Gasteiger partial charge is 0.447 e. The zero-order valence-corrected chi connectivity index (χ0v) is 14.7. The zero-order valence-electron chi connectivity index (χ0n) is 14.7. The van der Waals surface area contributed by atoms with Gasteiger partial charge in [0.05, 0.1) is 6.54 Å². The number of benzene rings is 1. The molecule has 2 heterocycles. The molecule has 0 aromatic heterocycles. The van der Waals surface area contributed by atoms with E-state index in [0.717, 1.165) is 25.2 Å². The number of urea groups is 1. The zero-order chi connectivity index (χ0) is 17.6. The van der Waals surface area contributed by atoms with E-state index in [4.69, 9.17) is 4.74 Å². The molecule has 2 N–H and O–H groups in total. The third-order valence-corrected chi connectivity index (χ3v) is 4.85. The van der Waals surface area contributed by atoms with E-state index in [0.29, 0.717) is 31.3 Å². The van der Waals surface area contributed by atoms with E-state index in [9.17, 15) is 9.59 Å². The van der Waals surface area contributed by atoms with Crippen molar-refractivity contribution in [3.63, 3.8) is 0 Å².